The zero-order valence-corrected chi connectivity index (χ0v) is 13.9. The monoisotopic (exact) mass is 308 g/mol. The van der Waals surface area contributed by atoms with E-state index in [1.165, 1.54) is 19.6 Å². The third-order valence-corrected chi connectivity index (χ3v) is 20.8. The Balaban J connectivity index is 4.86. The Morgan fingerprint density at radius 1 is 1.00 bits per heavy atom. The summed E-state index contributed by atoms with van der Waals surface area (Å²) >= 11 is -2.20. The van der Waals surface area contributed by atoms with Gasteiger partial charge in [0.15, 0.2) is 0 Å². The molecule has 2 nitrogen and oxygen atoms in total. The summed E-state index contributed by atoms with van der Waals surface area (Å²) in [6.45, 7) is 15.3. The van der Waals surface area contributed by atoms with Gasteiger partial charge in [-0.1, -0.05) is 0 Å². The van der Waals surface area contributed by atoms with Crippen molar-refractivity contribution in [2.45, 2.75) is 43.5 Å². The second-order valence-corrected chi connectivity index (χ2v) is 18.0. The fourth-order valence-electron chi connectivity index (χ4n) is 2.23. The van der Waals surface area contributed by atoms with E-state index in [2.05, 4.69) is 52.8 Å². The van der Waals surface area contributed by atoms with Crippen LogP contribution in [0.25, 0.3) is 0 Å². The van der Waals surface area contributed by atoms with Crippen molar-refractivity contribution in [3.63, 3.8) is 0 Å². The van der Waals surface area contributed by atoms with Crippen LogP contribution in [0.2, 0.25) is 8.87 Å². The number of hydrogen-bond acceptors (Lipinski definition) is 2. The molecule has 0 aromatic carbocycles. The molecule has 1 unspecified atom stereocenters. The maximum atomic E-state index is 2.75. The second-order valence-electron chi connectivity index (χ2n) is 4.44. The summed E-state index contributed by atoms with van der Waals surface area (Å²) in [5, 5.41) is 0. The van der Waals surface area contributed by atoms with Crippen LogP contribution < -0.4 is 0 Å². The fourth-order valence-corrected chi connectivity index (χ4v) is 13.7. The normalized spacial score (nSPS) is 16.7. The van der Waals surface area contributed by atoms with E-state index in [9.17, 15) is 0 Å². The van der Waals surface area contributed by atoms with E-state index >= 15 is 0 Å². The van der Waals surface area contributed by atoms with E-state index in [1.807, 2.05) is 0 Å². The van der Waals surface area contributed by atoms with Crippen molar-refractivity contribution in [2.75, 3.05) is 26.7 Å². The predicted molar refractivity (Wildman–Crippen MR) is 67.9 cm³/mol. The molecule has 0 saturated heterocycles. The van der Waals surface area contributed by atoms with Crippen molar-refractivity contribution in [2.24, 2.45) is 0 Å². The molecule has 0 amide bonds. The Morgan fingerprint density at radius 3 is 1.64 bits per heavy atom. The summed E-state index contributed by atoms with van der Waals surface area (Å²) in [6, 6.07) is 0. The Labute approximate surface area is 95.2 Å². The van der Waals surface area contributed by atoms with Gasteiger partial charge in [0.05, 0.1) is 0 Å². The summed E-state index contributed by atoms with van der Waals surface area (Å²) in [4.78, 5) is 2.57. The summed E-state index contributed by atoms with van der Waals surface area (Å²) in [6.07, 6.45) is 0. The first-order valence-electron chi connectivity index (χ1n) is 5.91. The third-order valence-electron chi connectivity index (χ3n) is 3.74. The van der Waals surface area contributed by atoms with E-state index in [0.717, 1.165) is 3.93 Å². The third kappa shape index (κ3) is 2.86. The molecule has 0 N–H and O–H groups in total. The molecule has 86 valence electrons. The van der Waals surface area contributed by atoms with Crippen molar-refractivity contribution in [3.8, 4) is 0 Å². The molecule has 0 rings (SSSR count). The number of hydrogen-bond donors (Lipinski definition) is 0. The van der Waals surface area contributed by atoms with Gasteiger partial charge in [0.2, 0.25) is 0 Å². The van der Waals surface area contributed by atoms with Crippen LogP contribution in [0.15, 0.2) is 0 Å². The quantitative estimate of drug-likeness (QED) is 0.696. The van der Waals surface area contributed by atoms with Crippen LogP contribution in [-0.4, -0.2) is 51.8 Å². The minimum absolute atomic E-state index is 0.856. The first-order valence-corrected chi connectivity index (χ1v) is 13.0. The van der Waals surface area contributed by atoms with Crippen molar-refractivity contribution >= 4 is 18.9 Å². The molecule has 0 bridgehead atoms. The first-order chi connectivity index (χ1) is 6.44. The van der Waals surface area contributed by atoms with Crippen molar-refractivity contribution in [1.29, 1.82) is 0 Å². The molecule has 0 aliphatic heterocycles. The van der Waals surface area contributed by atoms with Crippen LogP contribution in [0.3, 0.4) is 0 Å². The summed E-state index contributed by atoms with van der Waals surface area (Å²) in [5.41, 5.74) is 0. The van der Waals surface area contributed by atoms with Crippen LogP contribution in [0, 0.1) is 0 Å². The molecule has 0 radical (unpaired) electrons. The van der Waals surface area contributed by atoms with Gasteiger partial charge in [-0.15, -0.1) is 0 Å². The molecule has 3 heteroatoms. The first kappa shape index (κ1) is 14.7. The zero-order chi connectivity index (χ0) is 11.4. The van der Waals surface area contributed by atoms with Gasteiger partial charge in [-0.2, -0.15) is 0 Å². The van der Waals surface area contributed by atoms with Gasteiger partial charge in [0.25, 0.3) is 0 Å². The standard InChI is InChI=1S/C4H10N.C3H8N.C3H7.CH3.Sn/c1-3-5-4-2;1-3-4-2;1-3-2;;/h3-4H2,1-2H3;3H2,1-2H3;3H,1-2H3;1H3;/q2*-1;;;+2. The molecule has 0 aromatic rings. The summed E-state index contributed by atoms with van der Waals surface area (Å²) in [5.74, 6) is 0. The number of rotatable bonds is 6. The predicted octanol–water partition coefficient (Wildman–Crippen LogP) is 2.76. The molecule has 1 atom stereocenters. The maximum absolute atomic E-state index is 2.75. The molecule has 0 heterocycles. The van der Waals surface area contributed by atoms with Crippen molar-refractivity contribution in [1.82, 2.24) is 6.24 Å². The van der Waals surface area contributed by atoms with Crippen LogP contribution >= 0.6 is 0 Å². The van der Waals surface area contributed by atoms with Gasteiger partial charge < -0.3 is 0 Å². The van der Waals surface area contributed by atoms with Gasteiger partial charge in [-0.05, 0) is 0 Å². The minimum atomic E-state index is -2.20. The molecule has 0 spiro atoms. The molecular weight excluding hydrogens is 279 g/mol. The number of nitrogens with zero attached hydrogens (tertiary/aromatic N) is 2. The zero-order valence-electron chi connectivity index (χ0n) is 11.1. The van der Waals surface area contributed by atoms with Gasteiger partial charge in [0.1, 0.15) is 0 Å². The van der Waals surface area contributed by atoms with E-state index in [0.29, 0.717) is 0 Å². The molecular formula is C11H28N2Sn. The average Bonchev–Trinajstić information content (AvgIpc) is 2.17. The molecule has 0 aliphatic carbocycles. The molecule has 0 aliphatic rings. The van der Waals surface area contributed by atoms with E-state index < -0.39 is 18.9 Å². The molecule has 14 heavy (non-hydrogen) atoms. The average molecular weight is 307 g/mol. The molecule has 0 aromatic heterocycles. The van der Waals surface area contributed by atoms with Crippen LogP contribution in [0.5, 0.6) is 0 Å². The topological polar surface area (TPSA) is 6.48 Å². The van der Waals surface area contributed by atoms with Gasteiger partial charge in [-0.3, -0.25) is 0 Å². The van der Waals surface area contributed by atoms with Gasteiger partial charge in [0, 0.05) is 0 Å². The molecule has 0 saturated carbocycles. The van der Waals surface area contributed by atoms with E-state index in [4.69, 9.17) is 0 Å². The Hall–Kier alpha value is 0.719. The Kier molecular flexibility index (Phi) is 6.66. The van der Waals surface area contributed by atoms with Crippen LogP contribution in [-0.2, 0) is 0 Å². The SMILES string of the molecule is CC[N](C)[Sn]([CH3])([CH](C)C)[N](CC)CC. The van der Waals surface area contributed by atoms with E-state index in [1.54, 1.807) is 0 Å². The Bertz CT molecular complexity index is 157. The fraction of sp³-hybridized carbons (Fsp3) is 1.00. The summed E-state index contributed by atoms with van der Waals surface area (Å²) < 4.78 is 6.27. The van der Waals surface area contributed by atoms with Gasteiger partial charge in [-0.25, -0.2) is 0 Å². The van der Waals surface area contributed by atoms with Gasteiger partial charge >= 0.3 is 95.3 Å². The molecule has 0 fully saturated rings. The second kappa shape index (κ2) is 6.33. The van der Waals surface area contributed by atoms with Crippen LogP contribution in [0.4, 0.5) is 0 Å². The van der Waals surface area contributed by atoms with Crippen LogP contribution in [0.1, 0.15) is 34.6 Å². The van der Waals surface area contributed by atoms with Crippen molar-refractivity contribution in [3.05, 3.63) is 0 Å². The van der Waals surface area contributed by atoms with Crippen molar-refractivity contribution < 1.29 is 0 Å². The van der Waals surface area contributed by atoms with E-state index in [-0.39, 0.29) is 0 Å². The summed E-state index contributed by atoms with van der Waals surface area (Å²) in [7, 11) is 2.31. The Morgan fingerprint density at radius 2 is 1.43 bits per heavy atom.